The number of unbranched alkanes of at least 4 members (excludes halogenated alkanes) is 2. The first-order valence-corrected chi connectivity index (χ1v) is 9.89. The van der Waals surface area contributed by atoms with Crippen molar-refractivity contribution in [2.75, 3.05) is 0 Å². The van der Waals surface area contributed by atoms with Crippen molar-refractivity contribution in [2.45, 2.75) is 104 Å². The molecule has 0 radical (unpaired) electrons. The molecule has 0 aliphatic rings. The van der Waals surface area contributed by atoms with Crippen LogP contribution in [0, 0.1) is 11.8 Å². The van der Waals surface area contributed by atoms with Crippen molar-refractivity contribution in [3.63, 3.8) is 0 Å². The van der Waals surface area contributed by atoms with Gasteiger partial charge in [-0.05, 0) is 31.1 Å². The maximum Gasteiger partial charge on any atom is 1.00 e. The Morgan fingerprint density at radius 3 is 2.04 bits per heavy atom. The Kier molecular flexibility index (Phi) is 18.9. The van der Waals surface area contributed by atoms with Gasteiger partial charge in [-0.15, -0.1) is 0 Å². The first-order valence-electron chi connectivity index (χ1n) is 9.89. The molecule has 0 heterocycles. The Morgan fingerprint density at radius 2 is 1.56 bits per heavy atom. The first kappa shape index (κ1) is 27.2. The number of carbonyl (C=O) groups excluding carboxylic acids is 1. The molecule has 3 unspecified atom stereocenters. The Morgan fingerprint density at radius 1 is 0.960 bits per heavy atom. The molecule has 5 heteroatoms. The predicted molar refractivity (Wildman–Crippen MR) is 99.1 cm³/mol. The minimum absolute atomic E-state index is 0. The van der Waals surface area contributed by atoms with Crippen molar-refractivity contribution in [2.24, 2.45) is 11.8 Å². The van der Waals surface area contributed by atoms with Crippen LogP contribution in [0.3, 0.4) is 0 Å². The predicted octanol–water partition coefficient (Wildman–Crippen LogP) is 2.70. The van der Waals surface area contributed by atoms with Gasteiger partial charge in [0.1, 0.15) is 6.10 Å². The van der Waals surface area contributed by atoms with Gasteiger partial charge in [0.05, 0.1) is 12.8 Å². The van der Waals surface area contributed by atoms with Crippen molar-refractivity contribution in [3.8, 4) is 0 Å². The number of carboxylic acids is 1. The van der Waals surface area contributed by atoms with E-state index < -0.39 is 5.97 Å². The summed E-state index contributed by atoms with van der Waals surface area (Å²) in [7, 11) is 0. The molecule has 0 saturated heterocycles. The van der Waals surface area contributed by atoms with Gasteiger partial charge >= 0.3 is 41.5 Å². The first-order chi connectivity index (χ1) is 11.5. The van der Waals surface area contributed by atoms with Gasteiger partial charge < -0.3 is 11.3 Å². The summed E-state index contributed by atoms with van der Waals surface area (Å²) < 4.78 is 5.76. The molecular weight excluding hydrogens is 327 g/mol. The summed E-state index contributed by atoms with van der Waals surface area (Å²) in [6.45, 7) is 8.74. The van der Waals surface area contributed by atoms with Gasteiger partial charge in [-0.3, -0.25) is 9.59 Å². The maximum atomic E-state index is 12.1. The van der Waals surface area contributed by atoms with Gasteiger partial charge in [0.15, 0.2) is 0 Å². The molecule has 0 aromatic heterocycles. The van der Waals surface area contributed by atoms with E-state index in [1.165, 1.54) is 19.3 Å². The fourth-order valence-electron chi connectivity index (χ4n) is 3.20. The molecule has 4 nitrogen and oxygen atoms in total. The molecule has 144 valence electrons. The van der Waals surface area contributed by atoms with Crippen LogP contribution in [0.4, 0.5) is 0 Å². The monoisotopic (exact) mass is 366 g/mol. The number of ether oxygens (including phenoxy) is 1. The SMILES string of the molecule is CCCCC(CC)CC(OC(=O)CCC(=O)O)C(CC)CCCC.[H-].[Na+]. The fraction of sp³-hybridized carbons (Fsp3) is 0.900. The molecule has 3 atom stereocenters. The normalized spacial score (nSPS) is 14.2. The molecule has 0 aromatic rings. The van der Waals surface area contributed by atoms with E-state index in [0.717, 1.165) is 38.5 Å². The Balaban J connectivity index is -0.00000264. The molecular formula is C20H39NaO4. The van der Waals surface area contributed by atoms with Gasteiger partial charge in [0.25, 0.3) is 0 Å². The molecule has 0 fully saturated rings. The Labute approximate surface area is 178 Å². The molecule has 0 aliphatic heterocycles. The number of hydrogen-bond acceptors (Lipinski definition) is 3. The second kappa shape index (κ2) is 17.4. The molecule has 0 aliphatic carbocycles. The molecule has 0 aromatic carbocycles. The summed E-state index contributed by atoms with van der Waals surface area (Å²) in [5, 5.41) is 8.74. The van der Waals surface area contributed by atoms with Crippen molar-refractivity contribution in [1.29, 1.82) is 0 Å². The van der Waals surface area contributed by atoms with E-state index in [9.17, 15) is 9.59 Å². The number of carbonyl (C=O) groups is 2. The minimum Gasteiger partial charge on any atom is -1.00 e. The molecule has 1 N–H and O–H groups in total. The molecule has 0 bridgehead atoms. The summed E-state index contributed by atoms with van der Waals surface area (Å²) in [5.74, 6) is -0.342. The molecule has 0 amide bonds. The molecule has 0 rings (SSSR count). The van der Waals surface area contributed by atoms with Crippen LogP contribution in [0.1, 0.15) is 99.8 Å². The third-order valence-corrected chi connectivity index (χ3v) is 4.91. The molecule has 0 spiro atoms. The second-order valence-corrected chi connectivity index (χ2v) is 6.88. The van der Waals surface area contributed by atoms with Crippen LogP contribution in [0.2, 0.25) is 0 Å². The van der Waals surface area contributed by atoms with E-state index in [-0.39, 0.29) is 55.9 Å². The van der Waals surface area contributed by atoms with Crippen LogP contribution in [-0.2, 0) is 14.3 Å². The number of rotatable bonds is 15. The van der Waals surface area contributed by atoms with Crippen LogP contribution in [0.15, 0.2) is 0 Å². The van der Waals surface area contributed by atoms with Crippen molar-refractivity contribution >= 4 is 11.9 Å². The number of hydrogen-bond donors (Lipinski definition) is 1. The Bertz CT molecular complexity index is 353. The molecule has 25 heavy (non-hydrogen) atoms. The van der Waals surface area contributed by atoms with Crippen molar-refractivity contribution < 1.29 is 50.4 Å². The van der Waals surface area contributed by atoms with Gasteiger partial charge in [0, 0.05) is 0 Å². The number of aliphatic carboxylic acids is 1. The van der Waals surface area contributed by atoms with Gasteiger partial charge in [-0.25, -0.2) is 0 Å². The summed E-state index contributed by atoms with van der Waals surface area (Å²) >= 11 is 0. The summed E-state index contributed by atoms with van der Waals surface area (Å²) in [5.41, 5.74) is 0. The minimum atomic E-state index is -0.948. The zero-order valence-electron chi connectivity index (χ0n) is 18.2. The molecule has 0 saturated carbocycles. The van der Waals surface area contributed by atoms with E-state index in [1.807, 2.05) is 0 Å². The second-order valence-electron chi connectivity index (χ2n) is 6.88. The van der Waals surface area contributed by atoms with E-state index in [1.54, 1.807) is 0 Å². The third kappa shape index (κ3) is 13.8. The standard InChI is InChI=1S/C20H38O4.Na.H/c1-5-9-11-16(7-3)15-18(17(8-4)12-10-6-2)24-20(23)14-13-19(21)22;;/h16-18H,5-15H2,1-4H3,(H,21,22);;/q;+1;-1. The van der Waals surface area contributed by atoms with Crippen LogP contribution < -0.4 is 29.6 Å². The average molecular weight is 367 g/mol. The summed E-state index contributed by atoms with van der Waals surface area (Å²) in [4.78, 5) is 22.7. The van der Waals surface area contributed by atoms with E-state index in [2.05, 4.69) is 27.7 Å². The quantitative estimate of drug-likeness (QED) is 0.357. The Hall–Kier alpha value is -0.0600. The zero-order valence-corrected chi connectivity index (χ0v) is 19.2. The average Bonchev–Trinajstić information content (AvgIpc) is 2.56. The van der Waals surface area contributed by atoms with Gasteiger partial charge in [-0.1, -0.05) is 66.2 Å². The summed E-state index contributed by atoms with van der Waals surface area (Å²) in [6.07, 6.45) is 9.73. The third-order valence-electron chi connectivity index (χ3n) is 4.91. The van der Waals surface area contributed by atoms with E-state index >= 15 is 0 Å². The largest absolute Gasteiger partial charge is 1.00 e. The van der Waals surface area contributed by atoms with Gasteiger partial charge in [-0.2, -0.15) is 0 Å². The zero-order chi connectivity index (χ0) is 18.4. The topological polar surface area (TPSA) is 63.6 Å². The van der Waals surface area contributed by atoms with Crippen molar-refractivity contribution in [3.05, 3.63) is 0 Å². The van der Waals surface area contributed by atoms with Crippen LogP contribution in [0.25, 0.3) is 0 Å². The van der Waals surface area contributed by atoms with Gasteiger partial charge in [0.2, 0.25) is 0 Å². The van der Waals surface area contributed by atoms with Crippen LogP contribution in [-0.4, -0.2) is 23.1 Å². The fourth-order valence-corrected chi connectivity index (χ4v) is 3.20. The van der Waals surface area contributed by atoms with E-state index in [4.69, 9.17) is 9.84 Å². The smallest absolute Gasteiger partial charge is 1.00 e. The number of carboxylic acid groups (broad SMARTS) is 1. The maximum absolute atomic E-state index is 12.1. The summed E-state index contributed by atoms with van der Waals surface area (Å²) in [6, 6.07) is 0. The van der Waals surface area contributed by atoms with Crippen molar-refractivity contribution in [1.82, 2.24) is 0 Å². The van der Waals surface area contributed by atoms with Crippen LogP contribution in [0.5, 0.6) is 0 Å². The number of esters is 1. The van der Waals surface area contributed by atoms with E-state index in [0.29, 0.717) is 11.8 Å². The van der Waals surface area contributed by atoms with Crippen LogP contribution >= 0.6 is 0 Å².